The van der Waals surface area contributed by atoms with Crippen LogP contribution in [0.1, 0.15) is 82.6 Å². The molecule has 1 saturated carbocycles. The second kappa shape index (κ2) is 13.1. The first-order valence-corrected chi connectivity index (χ1v) is 14.7. The fraction of sp³-hybridized carbons (Fsp3) is 0.515. The minimum absolute atomic E-state index is 0.00227. The lowest BCUT2D eigenvalue weighted by Gasteiger charge is -2.46. The van der Waals surface area contributed by atoms with Crippen molar-refractivity contribution in [3.05, 3.63) is 71.3 Å². The van der Waals surface area contributed by atoms with Crippen LogP contribution in [0.5, 0.6) is 0 Å². The molecule has 3 N–H and O–H groups in total. The molecule has 1 spiro atoms. The van der Waals surface area contributed by atoms with Gasteiger partial charge in [-0.15, -0.1) is 0 Å². The number of β-amino-alcohol motifs (C(OH)–C–C–N with tert-alkyl or cyclic N) is 1. The topological polar surface area (TPSA) is 119 Å². The predicted octanol–water partition coefficient (Wildman–Crippen LogP) is 5.94. The molecule has 2 amide bonds. The lowest BCUT2D eigenvalue weighted by atomic mass is 9.69. The number of carbonyl (C=O) groups excluding carboxylic acids is 2. The number of benzene rings is 1. The SMILES string of the molecule is C=C(/C=C(\C=C/C)C1=NC2(CCC(C(C)(C)C)CC2)N(CC(C)(O)c2ccc(C(=O)NCCC(=O)O)cc2)C1=O)C(F)(F)F. The molecule has 2 aliphatic rings. The summed E-state index contributed by atoms with van der Waals surface area (Å²) in [5.74, 6) is -1.73. The number of hydrogen-bond acceptors (Lipinski definition) is 5. The molecule has 240 valence electrons. The maximum absolute atomic E-state index is 14.0. The van der Waals surface area contributed by atoms with E-state index in [4.69, 9.17) is 10.1 Å². The zero-order valence-corrected chi connectivity index (χ0v) is 25.9. The summed E-state index contributed by atoms with van der Waals surface area (Å²) in [4.78, 5) is 43.4. The Morgan fingerprint density at radius 1 is 1.14 bits per heavy atom. The van der Waals surface area contributed by atoms with Crippen LogP contribution in [0.15, 0.2) is 65.2 Å². The molecule has 1 heterocycles. The van der Waals surface area contributed by atoms with Crippen LogP contribution in [0.4, 0.5) is 13.2 Å². The lowest BCUT2D eigenvalue weighted by Crippen LogP contribution is -2.54. The smallest absolute Gasteiger partial charge is 0.415 e. The highest BCUT2D eigenvalue weighted by molar-refractivity contribution is 6.47. The van der Waals surface area contributed by atoms with Gasteiger partial charge in [-0.2, -0.15) is 13.2 Å². The van der Waals surface area contributed by atoms with E-state index in [0.717, 1.165) is 18.9 Å². The number of hydrogen-bond donors (Lipinski definition) is 3. The maximum atomic E-state index is 14.0. The van der Waals surface area contributed by atoms with Crippen LogP contribution in [-0.4, -0.2) is 63.5 Å². The van der Waals surface area contributed by atoms with Crippen LogP contribution < -0.4 is 5.32 Å². The van der Waals surface area contributed by atoms with Gasteiger partial charge in [-0.3, -0.25) is 19.4 Å². The first kappa shape index (κ1) is 34.8. The third kappa shape index (κ3) is 8.05. The molecule has 0 radical (unpaired) electrons. The Labute approximate surface area is 256 Å². The summed E-state index contributed by atoms with van der Waals surface area (Å²) >= 11 is 0. The maximum Gasteiger partial charge on any atom is 0.415 e. The van der Waals surface area contributed by atoms with Gasteiger partial charge < -0.3 is 20.4 Å². The number of halogens is 3. The van der Waals surface area contributed by atoms with Crippen LogP contribution in [0.25, 0.3) is 0 Å². The summed E-state index contributed by atoms with van der Waals surface area (Å²) < 4.78 is 40.2. The first-order valence-electron chi connectivity index (χ1n) is 14.7. The van der Waals surface area contributed by atoms with Gasteiger partial charge in [-0.1, -0.05) is 51.6 Å². The Morgan fingerprint density at radius 3 is 2.23 bits per heavy atom. The molecular weight excluding hydrogens is 575 g/mol. The molecule has 1 aliphatic heterocycles. The fourth-order valence-electron chi connectivity index (χ4n) is 5.78. The molecule has 3 rings (SSSR count). The summed E-state index contributed by atoms with van der Waals surface area (Å²) in [7, 11) is 0. The van der Waals surface area contributed by atoms with Crippen molar-refractivity contribution in [2.24, 2.45) is 16.3 Å². The molecule has 1 unspecified atom stereocenters. The molecule has 44 heavy (non-hydrogen) atoms. The number of aliphatic imine (C=N–C) groups is 1. The van der Waals surface area contributed by atoms with Crippen molar-refractivity contribution in [1.29, 1.82) is 0 Å². The van der Waals surface area contributed by atoms with E-state index < -0.39 is 40.8 Å². The molecule has 1 aliphatic carbocycles. The van der Waals surface area contributed by atoms with E-state index >= 15 is 0 Å². The van der Waals surface area contributed by atoms with Crippen LogP contribution in [0.2, 0.25) is 0 Å². The molecular formula is C33H42F3N3O5. The fourth-order valence-corrected chi connectivity index (χ4v) is 5.78. The Balaban J connectivity index is 1.95. The molecule has 0 aromatic heterocycles. The van der Waals surface area contributed by atoms with Crippen LogP contribution in [-0.2, 0) is 15.2 Å². The number of allylic oxidation sites excluding steroid dienone is 4. The van der Waals surface area contributed by atoms with Gasteiger partial charge in [-0.25, -0.2) is 0 Å². The van der Waals surface area contributed by atoms with Crippen molar-refractivity contribution < 1.29 is 37.8 Å². The number of aliphatic carboxylic acids is 1. The minimum atomic E-state index is -4.68. The van der Waals surface area contributed by atoms with Crippen molar-refractivity contribution in [3.8, 4) is 0 Å². The Bertz CT molecular complexity index is 1360. The van der Waals surface area contributed by atoms with Crippen molar-refractivity contribution in [3.63, 3.8) is 0 Å². The molecule has 1 fully saturated rings. The average molecular weight is 618 g/mol. The van der Waals surface area contributed by atoms with Crippen molar-refractivity contribution >= 4 is 23.5 Å². The summed E-state index contributed by atoms with van der Waals surface area (Å²) in [6.45, 7) is 12.5. The zero-order chi connectivity index (χ0) is 33.1. The monoisotopic (exact) mass is 617 g/mol. The third-order valence-corrected chi connectivity index (χ3v) is 8.45. The van der Waals surface area contributed by atoms with Crippen molar-refractivity contribution in [1.82, 2.24) is 10.2 Å². The molecule has 0 bridgehead atoms. The number of nitrogens with zero attached hydrogens (tertiary/aromatic N) is 2. The molecule has 1 aromatic rings. The minimum Gasteiger partial charge on any atom is -0.481 e. The second-order valence-corrected chi connectivity index (χ2v) is 12.8. The highest BCUT2D eigenvalue weighted by Crippen LogP contribution is 2.47. The van der Waals surface area contributed by atoms with Gasteiger partial charge >= 0.3 is 12.1 Å². The Kier molecular flexibility index (Phi) is 10.3. The number of alkyl halides is 3. The van der Waals surface area contributed by atoms with Gasteiger partial charge in [0.05, 0.1) is 13.0 Å². The zero-order valence-electron chi connectivity index (χ0n) is 25.9. The van der Waals surface area contributed by atoms with Crippen molar-refractivity contribution in [2.75, 3.05) is 13.1 Å². The van der Waals surface area contributed by atoms with Gasteiger partial charge in [0.2, 0.25) is 0 Å². The standard InChI is InChI=1S/C33H42F3N3O5/c1-7-8-23(19-21(2)33(34,35)36)27-29(43)39(32(38-27)16-13-24(14-17-32)30(3,4)5)20-31(6,44)25-11-9-22(10-12-25)28(42)37-18-15-26(40)41/h7-12,19,24,44H,2,13-18,20H2,1,3-6H3,(H,37,42)(H,40,41)/b8-7-,23-19+. The first-order chi connectivity index (χ1) is 20.3. The van der Waals surface area contributed by atoms with Gasteiger partial charge in [0.15, 0.2) is 0 Å². The number of nitrogens with one attached hydrogen (secondary N) is 1. The normalized spacial score (nSPS) is 22.7. The number of carboxylic acids is 1. The van der Waals surface area contributed by atoms with E-state index in [2.05, 4.69) is 32.7 Å². The van der Waals surface area contributed by atoms with Gasteiger partial charge in [0, 0.05) is 23.3 Å². The van der Waals surface area contributed by atoms with Crippen LogP contribution in [0.3, 0.4) is 0 Å². The molecule has 11 heteroatoms. The van der Waals surface area contributed by atoms with Gasteiger partial charge in [0.1, 0.15) is 17.0 Å². The largest absolute Gasteiger partial charge is 0.481 e. The number of amides is 2. The van der Waals surface area contributed by atoms with Crippen LogP contribution in [0, 0.1) is 11.3 Å². The Morgan fingerprint density at radius 2 is 1.73 bits per heavy atom. The average Bonchev–Trinajstić information content (AvgIpc) is 3.17. The van der Waals surface area contributed by atoms with Gasteiger partial charge in [-0.05, 0) is 74.6 Å². The number of aliphatic hydroxyl groups is 1. The highest BCUT2D eigenvalue weighted by Gasteiger charge is 2.52. The summed E-state index contributed by atoms with van der Waals surface area (Å²) in [5, 5.41) is 23.0. The summed E-state index contributed by atoms with van der Waals surface area (Å²) in [5.41, 5.74) is -3.16. The van der Waals surface area contributed by atoms with Crippen molar-refractivity contribution in [2.45, 2.75) is 84.2 Å². The lowest BCUT2D eigenvalue weighted by molar-refractivity contribution is -0.137. The highest BCUT2D eigenvalue weighted by atomic mass is 19.4. The number of carboxylic acid groups (broad SMARTS) is 1. The van der Waals surface area contributed by atoms with E-state index in [0.29, 0.717) is 24.3 Å². The summed E-state index contributed by atoms with van der Waals surface area (Å²) in [6.07, 6.45) is 1.33. The van der Waals surface area contributed by atoms with Crippen LogP contribution >= 0.6 is 0 Å². The molecule has 1 aromatic carbocycles. The number of carbonyl (C=O) groups is 3. The quantitative estimate of drug-likeness (QED) is 0.281. The van der Waals surface area contributed by atoms with E-state index in [-0.39, 0.29) is 41.8 Å². The van der Waals surface area contributed by atoms with E-state index in [1.165, 1.54) is 36.1 Å². The molecule has 1 atom stereocenters. The van der Waals surface area contributed by atoms with E-state index in [1.54, 1.807) is 19.1 Å². The van der Waals surface area contributed by atoms with E-state index in [9.17, 15) is 32.7 Å². The van der Waals surface area contributed by atoms with E-state index in [1.807, 2.05) is 0 Å². The second-order valence-electron chi connectivity index (χ2n) is 12.8. The van der Waals surface area contributed by atoms with Gasteiger partial charge in [0.25, 0.3) is 11.8 Å². The molecule has 8 nitrogen and oxygen atoms in total. The molecule has 0 saturated heterocycles. The summed E-state index contributed by atoms with van der Waals surface area (Å²) in [6, 6.07) is 6.09. The number of rotatable bonds is 10. The third-order valence-electron chi connectivity index (χ3n) is 8.45. The predicted molar refractivity (Wildman–Crippen MR) is 162 cm³/mol. The Hall–Kier alpha value is -3.73.